The number of benzene rings is 6. The lowest BCUT2D eigenvalue weighted by atomic mass is 10.1. The van der Waals surface area contributed by atoms with Crippen molar-refractivity contribution in [3.8, 4) is 23.0 Å². The summed E-state index contributed by atoms with van der Waals surface area (Å²) < 4.78 is 14.3. The van der Waals surface area contributed by atoms with Gasteiger partial charge in [0.05, 0.1) is 22.7 Å². The van der Waals surface area contributed by atoms with E-state index in [0.717, 1.165) is 66.5 Å². The molecule has 0 atom stereocenters. The van der Waals surface area contributed by atoms with Crippen molar-refractivity contribution in [2.75, 3.05) is 9.80 Å². The zero-order valence-corrected chi connectivity index (χ0v) is 23.5. The highest BCUT2D eigenvalue weighted by molar-refractivity contribution is 7.24. The molecule has 0 saturated heterocycles. The molecule has 0 unspecified atom stereocenters. The molecule has 0 spiro atoms. The van der Waals surface area contributed by atoms with Crippen molar-refractivity contribution < 1.29 is 9.47 Å². The Bertz CT molecular complexity index is 2060. The van der Waals surface area contributed by atoms with E-state index >= 15 is 0 Å². The maximum absolute atomic E-state index is 13.8. The van der Waals surface area contributed by atoms with Crippen molar-refractivity contribution in [1.29, 1.82) is 0 Å². The molecule has 3 heterocycles. The van der Waals surface area contributed by atoms with Gasteiger partial charge in [-0.05, 0) is 84.9 Å². The molecule has 2 aliphatic heterocycles. The second-order valence-corrected chi connectivity index (χ2v) is 11.6. The summed E-state index contributed by atoms with van der Waals surface area (Å²) in [5.41, 5.74) is 5.81. The van der Waals surface area contributed by atoms with Crippen LogP contribution in [0, 0.1) is 0 Å². The highest BCUT2D eigenvalue weighted by Gasteiger charge is 2.27. The molecule has 204 valence electrons. The summed E-state index contributed by atoms with van der Waals surface area (Å²) in [4.78, 5) is 18.2. The number of hydrogen-bond donors (Lipinski definition) is 0. The maximum atomic E-state index is 13.8. The van der Waals surface area contributed by atoms with Crippen molar-refractivity contribution in [3.05, 3.63) is 144 Å². The minimum Gasteiger partial charge on any atom is -0.453 e. The average Bonchev–Trinajstić information content (AvgIpc) is 3.05. The van der Waals surface area contributed by atoms with Crippen LogP contribution in [-0.2, 0) is 0 Å². The zero-order chi connectivity index (χ0) is 28.5. The quantitative estimate of drug-likeness (QED) is 0.192. The molecule has 0 aliphatic carbocycles. The Morgan fingerprint density at radius 3 is 1.16 bits per heavy atom. The lowest BCUT2D eigenvalue weighted by Gasteiger charge is -2.33. The number of fused-ring (bicyclic) bond motifs is 6. The highest BCUT2D eigenvalue weighted by Crippen LogP contribution is 2.52. The van der Waals surface area contributed by atoms with Crippen LogP contribution in [0.25, 0.3) is 20.2 Å². The number of para-hydroxylation sites is 8. The fourth-order valence-corrected chi connectivity index (χ4v) is 7.21. The van der Waals surface area contributed by atoms with E-state index in [9.17, 15) is 4.79 Å². The summed E-state index contributed by atoms with van der Waals surface area (Å²) in [5.74, 6) is 3.18. The first-order valence-corrected chi connectivity index (χ1v) is 14.9. The van der Waals surface area contributed by atoms with E-state index < -0.39 is 0 Å². The lowest BCUT2D eigenvalue weighted by molar-refractivity contribution is 0.477. The van der Waals surface area contributed by atoms with Gasteiger partial charge in [0.25, 0.3) is 0 Å². The third kappa shape index (κ3) is 3.67. The SMILES string of the molecule is O=c1c2ccc(N3c4ccccc4Oc4ccccc43)cc2sc2cc(N3c4ccccc4Oc4ccccc43)ccc12. The van der Waals surface area contributed by atoms with Gasteiger partial charge < -0.3 is 19.3 Å². The molecule has 9 rings (SSSR count). The van der Waals surface area contributed by atoms with Gasteiger partial charge in [0.2, 0.25) is 0 Å². The Morgan fingerprint density at radius 1 is 0.442 bits per heavy atom. The molecule has 0 saturated carbocycles. The van der Waals surface area contributed by atoms with Gasteiger partial charge in [-0.3, -0.25) is 4.79 Å². The normalized spacial score (nSPS) is 13.0. The summed E-state index contributed by atoms with van der Waals surface area (Å²) in [6.07, 6.45) is 0. The van der Waals surface area contributed by atoms with Gasteiger partial charge in [0.1, 0.15) is 0 Å². The largest absolute Gasteiger partial charge is 0.453 e. The molecule has 1 aromatic heterocycles. The molecule has 0 amide bonds. The van der Waals surface area contributed by atoms with Gasteiger partial charge >= 0.3 is 0 Å². The van der Waals surface area contributed by atoms with Crippen molar-refractivity contribution in [1.82, 2.24) is 0 Å². The summed E-state index contributed by atoms with van der Waals surface area (Å²) in [6, 6.07) is 44.3. The second kappa shape index (κ2) is 9.21. The Kier molecular flexibility index (Phi) is 5.15. The first kappa shape index (κ1) is 24.1. The van der Waals surface area contributed by atoms with Crippen LogP contribution in [0.1, 0.15) is 0 Å². The molecular weight excluding hydrogens is 552 g/mol. The average molecular weight is 575 g/mol. The predicted molar refractivity (Wildman–Crippen MR) is 175 cm³/mol. The van der Waals surface area contributed by atoms with E-state index in [-0.39, 0.29) is 5.43 Å². The van der Waals surface area contributed by atoms with E-state index in [0.29, 0.717) is 10.8 Å². The van der Waals surface area contributed by atoms with Crippen LogP contribution >= 0.6 is 11.3 Å². The molecule has 5 nitrogen and oxygen atoms in total. The molecule has 6 heteroatoms. The summed E-state index contributed by atoms with van der Waals surface area (Å²) >= 11 is 1.63. The van der Waals surface area contributed by atoms with Crippen molar-refractivity contribution in [2.45, 2.75) is 0 Å². The van der Waals surface area contributed by atoms with Gasteiger partial charge in [0.15, 0.2) is 28.4 Å². The summed E-state index contributed by atoms with van der Waals surface area (Å²) in [5, 5.41) is 1.43. The third-order valence-electron chi connectivity index (χ3n) is 8.02. The summed E-state index contributed by atoms with van der Waals surface area (Å²) in [7, 11) is 0. The van der Waals surface area contributed by atoms with Gasteiger partial charge in [-0.25, -0.2) is 0 Å². The molecular formula is C37H22N2O3S. The molecule has 0 fully saturated rings. The van der Waals surface area contributed by atoms with Crippen molar-refractivity contribution in [2.24, 2.45) is 0 Å². The monoisotopic (exact) mass is 574 g/mol. The van der Waals surface area contributed by atoms with Crippen molar-refractivity contribution >= 4 is 65.6 Å². The third-order valence-corrected chi connectivity index (χ3v) is 9.14. The number of rotatable bonds is 2. The van der Waals surface area contributed by atoms with Crippen LogP contribution in [0.3, 0.4) is 0 Å². The lowest BCUT2D eigenvalue weighted by Crippen LogP contribution is -2.16. The smallest absolute Gasteiger partial charge is 0.195 e. The minimum absolute atomic E-state index is 0.0346. The molecule has 2 aliphatic rings. The van der Waals surface area contributed by atoms with Crippen LogP contribution in [0.5, 0.6) is 23.0 Å². The van der Waals surface area contributed by atoms with Crippen LogP contribution in [0.2, 0.25) is 0 Å². The fraction of sp³-hybridized carbons (Fsp3) is 0. The van der Waals surface area contributed by atoms with Crippen LogP contribution < -0.4 is 24.7 Å². The highest BCUT2D eigenvalue weighted by atomic mass is 32.1. The van der Waals surface area contributed by atoms with Gasteiger partial charge in [-0.2, -0.15) is 0 Å². The van der Waals surface area contributed by atoms with Gasteiger partial charge in [0, 0.05) is 31.5 Å². The standard InChI is InChI=1S/C37H22N2O3S/c40-37-25-19-17-23(38-27-9-1-5-13-31(27)41-32-14-6-2-10-28(32)38)21-35(25)43-36-22-24(18-20-26(36)37)39-29-11-3-7-15-33(29)42-34-16-8-4-12-30(34)39/h1-22H. The Balaban J connectivity index is 1.22. The number of ether oxygens (including phenoxy) is 2. The number of anilines is 6. The van der Waals surface area contributed by atoms with Crippen molar-refractivity contribution in [3.63, 3.8) is 0 Å². The Morgan fingerprint density at radius 2 is 0.791 bits per heavy atom. The predicted octanol–water partition coefficient (Wildman–Crippen LogP) is 10.6. The van der Waals surface area contributed by atoms with E-state index in [1.807, 2.05) is 97.1 Å². The first-order valence-electron chi connectivity index (χ1n) is 14.1. The maximum Gasteiger partial charge on any atom is 0.195 e. The van der Waals surface area contributed by atoms with E-state index in [1.165, 1.54) is 0 Å². The second-order valence-electron chi connectivity index (χ2n) is 10.5. The fourth-order valence-electron chi connectivity index (χ4n) is 6.07. The molecule has 43 heavy (non-hydrogen) atoms. The van der Waals surface area contributed by atoms with E-state index in [1.54, 1.807) is 11.3 Å². The zero-order valence-electron chi connectivity index (χ0n) is 22.7. The molecule has 0 radical (unpaired) electrons. The molecule has 0 bridgehead atoms. The number of nitrogens with zero attached hydrogens (tertiary/aromatic N) is 2. The topological polar surface area (TPSA) is 42.0 Å². The minimum atomic E-state index is 0.0346. The van der Waals surface area contributed by atoms with Crippen LogP contribution in [-0.4, -0.2) is 0 Å². The molecule has 6 aromatic carbocycles. The molecule has 7 aromatic rings. The van der Waals surface area contributed by atoms with E-state index in [4.69, 9.17) is 9.47 Å². The van der Waals surface area contributed by atoms with E-state index in [2.05, 4.69) is 46.2 Å². The number of hydrogen-bond acceptors (Lipinski definition) is 6. The summed E-state index contributed by atoms with van der Waals surface area (Å²) in [6.45, 7) is 0. The van der Waals surface area contributed by atoms with Gasteiger partial charge in [-0.1, -0.05) is 48.5 Å². The first-order chi connectivity index (χ1) is 21.2. The van der Waals surface area contributed by atoms with Crippen LogP contribution in [0.15, 0.2) is 138 Å². The molecule has 0 N–H and O–H groups in total. The van der Waals surface area contributed by atoms with Crippen LogP contribution in [0.4, 0.5) is 34.1 Å². The Hall–Kier alpha value is -5.59. The Labute approximate surface area is 251 Å². The van der Waals surface area contributed by atoms with Gasteiger partial charge in [-0.15, -0.1) is 11.3 Å².